The second-order valence-electron chi connectivity index (χ2n) is 8.41. The minimum atomic E-state index is -2.48. The number of halogens is 2. The highest BCUT2D eigenvalue weighted by Crippen LogP contribution is 2.34. The van der Waals surface area contributed by atoms with E-state index in [0.717, 1.165) is 38.8 Å². The van der Waals surface area contributed by atoms with Crippen molar-refractivity contribution in [2.75, 3.05) is 13.1 Å². The minimum absolute atomic E-state index is 0.0288. The SMILES string of the molecule is FC1(F)CCN([C@H]2CC[C@@H](N(Cc3ccccc3)Cc3ccccc3)CC2)C1. The Morgan fingerprint density at radius 2 is 1.36 bits per heavy atom. The molecule has 1 saturated heterocycles. The third-order valence-electron chi connectivity index (χ3n) is 6.36. The number of likely N-dealkylation sites (tertiary alicyclic amines) is 1. The first-order valence-electron chi connectivity index (χ1n) is 10.5. The molecule has 4 rings (SSSR count). The Labute approximate surface area is 167 Å². The van der Waals surface area contributed by atoms with E-state index in [1.165, 1.54) is 11.1 Å². The van der Waals surface area contributed by atoms with Gasteiger partial charge in [-0.3, -0.25) is 9.80 Å². The van der Waals surface area contributed by atoms with Gasteiger partial charge >= 0.3 is 0 Å². The first-order chi connectivity index (χ1) is 13.6. The lowest BCUT2D eigenvalue weighted by molar-refractivity contribution is 0.00284. The van der Waals surface area contributed by atoms with Crippen LogP contribution in [0.3, 0.4) is 0 Å². The van der Waals surface area contributed by atoms with Crippen molar-refractivity contribution in [3.05, 3.63) is 71.8 Å². The molecule has 4 heteroatoms. The second-order valence-corrected chi connectivity index (χ2v) is 8.41. The minimum Gasteiger partial charge on any atom is -0.294 e. The lowest BCUT2D eigenvalue weighted by Crippen LogP contribution is -2.43. The van der Waals surface area contributed by atoms with E-state index < -0.39 is 5.92 Å². The van der Waals surface area contributed by atoms with Gasteiger partial charge in [-0.05, 0) is 36.8 Å². The number of hydrogen-bond donors (Lipinski definition) is 0. The van der Waals surface area contributed by atoms with Crippen LogP contribution in [0.1, 0.15) is 43.2 Å². The highest BCUT2D eigenvalue weighted by atomic mass is 19.3. The largest absolute Gasteiger partial charge is 0.294 e. The van der Waals surface area contributed by atoms with Crippen molar-refractivity contribution in [1.29, 1.82) is 0 Å². The molecule has 2 aliphatic rings. The predicted octanol–water partition coefficient (Wildman–Crippen LogP) is 5.34. The van der Waals surface area contributed by atoms with Crippen LogP contribution in [0, 0.1) is 0 Å². The van der Waals surface area contributed by atoms with E-state index in [1.807, 2.05) is 4.90 Å². The molecule has 2 aromatic rings. The van der Waals surface area contributed by atoms with E-state index in [4.69, 9.17) is 0 Å². The summed E-state index contributed by atoms with van der Waals surface area (Å²) in [4.78, 5) is 4.62. The van der Waals surface area contributed by atoms with Crippen LogP contribution in [0.2, 0.25) is 0 Å². The summed E-state index contributed by atoms with van der Waals surface area (Å²) in [7, 11) is 0. The zero-order chi connectivity index (χ0) is 19.4. The highest BCUT2D eigenvalue weighted by molar-refractivity contribution is 5.17. The Morgan fingerprint density at radius 3 is 1.82 bits per heavy atom. The summed E-state index contributed by atoms with van der Waals surface area (Å²) >= 11 is 0. The molecule has 0 radical (unpaired) electrons. The van der Waals surface area contributed by atoms with Crippen LogP contribution < -0.4 is 0 Å². The number of rotatable bonds is 6. The fourth-order valence-electron chi connectivity index (χ4n) is 4.81. The molecule has 2 aromatic carbocycles. The number of alkyl halides is 2. The normalized spacial score (nSPS) is 25.2. The van der Waals surface area contributed by atoms with Gasteiger partial charge in [-0.25, -0.2) is 8.78 Å². The Morgan fingerprint density at radius 1 is 0.821 bits per heavy atom. The van der Waals surface area contributed by atoms with Gasteiger partial charge in [-0.2, -0.15) is 0 Å². The van der Waals surface area contributed by atoms with E-state index in [9.17, 15) is 8.78 Å². The first kappa shape index (κ1) is 19.5. The molecule has 2 fully saturated rings. The molecule has 1 heterocycles. The third-order valence-corrected chi connectivity index (χ3v) is 6.36. The van der Waals surface area contributed by atoms with Crippen molar-refractivity contribution in [3.8, 4) is 0 Å². The van der Waals surface area contributed by atoms with Gasteiger partial charge in [0, 0.05) is 38.1 Å². The van der Waals surface area contributed by atoms with E-state index in [0.29, 0.717) is 18.6 Å². The average Bonchev–Trinajstić information content (AvgIpc) is 3.09. The van der Waals surface area contributed by atoms with E-state index in [-0.39, 0.29) is 13.0 Å². The Kier molecular flexibility index (Phi) is 6.07. The van der Waals surface area contributed by atoms with Gasteiger partial charge in [-0.1, -0.05) is 60.7 Å². The molecule has 0 atom stereocenters. The quantitative estimate of drug-likeness (QED) is 0.663. The Hall–Kier alpha value is -1.78. The van der Waals surface area contributed by atoms with Gasteiger partial charge in [0.2, 0.25) is 0 Å². The lowest BCUT2D eigenvalue weighted by atomic mass is 9.88. The maximum absolute atomic E-state index is 13.6. The molecule has 2 nitrogen and oxygen atoms in total. The molecule has 0 unspecified atom stereocenters. The van der Waals surface area contributed by atoms with Crippen molar-refractivity contribution in [1.82, 2.24) is 9.80 Å². The van der Waals surface area contributed by atoms with Crippen LogP contribution in [-0.4, -0.2) is 40.9 Å². The summed E-state index contributed by atoms with van der Waals surface area (Å²) in [6.45, 7) is 2.39. The van der Waals surface area contributed by atoms with Crippen molar-refractivity contribution in [2.24, 2.45) is 0 Å². The second kappa shape index (κ2) is 8.71. The van der Waals surface area contributed by atoms with Gasteiger partial charge in [0.25, 0.3) is 5.92 Å². The fraction of sp³-hybridized carbons (Fsp3) is 0.500. The molecule has 0 bridgehead atoms. The topological polar surface area (TPSA) is 6.48 Å². The van der Waals surface area contributed by atoms with Crippen molar-refractivity contribution in [3.63, 3.8) is 0 Å². The van der Waals surface area contributed by atoms with Gasteiger partial charge < -0.3 is 0 Å². The fourth-order valence-corrected chi connectivity index (χ4v) is 4.81. The van der Waals surface area contributed by atoms with Crippen LogP contribution in [-0.2, 0) is 13.1 Å². The molecular weight excluding hydrogens is 354 g/mol. The van der Waals surface area contributed by atoms with Crippen molar-refractivity contribution in [2.45, 2.75) is 63.2 Å². The summed E-state index contributed by atoms with van der Waals surface area (Å²) in [6.07, 6.45) is 4.27. The standard InChI is InChI=1S/C24H30F2N2/c25-24(26)15-16-27(19-24)22-11-13-23(14-12-22)28(17-20-7-3-1-4-8-20)18-21-9-5-2-6-10-21/h1-10,22-23H,11-19H2/t22-,23+. The summed E-state index contributed by atoms with van der Waals surface area (Å²) in [6, 6.07) is 22.1. The monoisotopic (exact) mass is 384 g/mol. The molecule has 0 amide bonds. The first-order valence-corrected chi connectivity index (χ1v) is 10.5. The molecule has 28 heavy (non-hydrogen) atoms. The van der Waals surface area contributed by atoms with Crippen LogP contribution in [0.4, 0.5) is 8.78 Å². The molecule has 0 spiro atoms. The molecule has 150 valence electrons. The van der Waals surface area contributed by atoms with Crippen LogP contribution in [0.25, 0.3) is 0 Å². The van der Waals surface area contributed by atoms with Gasteiger partial charge in [-0.15, -0.1) is 0 Å². The van der Waals surface area contributed by atoms with Crippen molar-refractivity contribution >= 4 is 0 Å². The van der Waals surface area contributed by atoms with Crippen molar-refractivity contribution < 1.29 is 8.78 Å². The number of benzene rings is 2. The Bertz CT molecular complexity index is 685. The van der Waals surface area contributed by atoms with E-state index in [1.54, 1.807) is 0 Å². The maximum Gasteiger partial charge on any atom is 0.261 e. The smallest absolute Gasteiger partial charge is 0.261 e. The number of nitrogens with zero attached hydrogens (tertiary/aromatic N) is 2. The third kappa shape index (κ3) is 4.98. The average molecular weight is 385 g/mol. The van der Waals surface area contributed by atoms with Crippen LogP contribution >= 0.6 is 0 Å². The summed E-state index contributed by atoms with van der Waals surface area (Å²) < 4.78 is 27.2. The van der Waals surface area contributed by atoms with Crippen LogP contribution in [0.15, 0.2) is 60.7 Å². The molecule has 1 aliphatic heterocycles. The predicted molar refractivity (Wildman–Crippen MR) is 109 cm³/mol. The summed E-state index contributed by atoms with van der Waals surface area (Å²) in [5.74, 6) is -2.48. The summed E-state index contributed by atoms with van der Waals surface area (Å²) in [5.41, 5.74) is 2.67. The van der Waals surface area contributed by atoms with Gasteiger partial charge in [0.1, 0.15) is 0 Å². The zero-order valence-corrected chi connectivity index (χ0v) is 16.4. The zero-order valence-electron chi connectivity index (χ0n) is 16.4. The lowest BCUT2D eigenvalue weighted by Gasteiger charge is -2.39. The molecule has 1 aliphatic carbocycles. The molecular formula is C24H30F2N2. The van der Waals surface area contributed by atoms with E-state index >= 15 is 0 Å². The molecule has 0 N–H and O–H groups in total. The van der Waals surface area contributed by atoms with Crippen LogP contribution in [0.5, 0.6) is 0 Å². The van der Waals surface area contributed by atoms with Gasteiger partial charge in [0.05, 0.1) is 6.54 Å². The molecule has 1 saturated carbocycles. The Balaban J connectivity index is 1.40. The van der Waals surface area contributed by atoms with E-state index in [2.05, 4.69) is 65.6 Å². The molecule has 0 aromatic heterocycles. The number of hydrogen-bond acceptors (Lipinski definition) is 2. The van der Waals surface area contributed by atoms with Gasteiger partial charge in [0.15, 0.2) is 0 Å². The maximum atomic E-state index is 13.6. The summed E-state index contributed by atoms with van der Waals surface area (Å²) in [5, 5.41) is 0. The highest BCUT2D eigenvalue weighted by Gasteiger charge is 2.41.